The lowest BCUT2D eigenvalue weighted by Gasteiger charge is -2.46. The van der Waals surface area contributed by atoms with E-state index in [1.807, 2.05) is 0 Å². The first-order valence-electron chi connectivity index (χ1n) is 8.73. The van der Waals surface area contributed by atoms with E-state index >= 15 is 0 Å². The Hall–Kier alpha value is -0.120. The summed E-state index contributed by atoms with van der Waals surface area (Å²) in [6, 6.07) is 0. The van der Waals surface area contributed by atoms with Crippen molar-refractivity contribution in [1.29, 1.82) is 0 Å². The van der Waals surface area contributed by atoms with Gasteiger partial charge in [-0.25, -0.2) is 0 Å². The fourth-order valence-corrected chi connectivity index (χ4v) is 3.23. The Morgan fingerprint density at radius 3 is 2.33 bits per heavy atom. The Bertz CT molecular complexity index is 294. The molecule has 0 spiro atoms. The second-order valence-electron chi connectivity index (χ2n) is 8.53. The molecule has 1 fully saturated rings. The van der Waals surface area contributed by atoms with E-state index in [2.05, 4.69) is 51.9 Å². The van der Waals surface area contributed by atoms with E-state index in [0.717, 1.165) is 25.6 Å². The van der Waals surface area contributed by atoms with Gasteiger partial charge in [-0.3, -0.25) is 4.90 Å². The summed E-state index contributed by atoms with van der Waals surface area (Å²) in [5.41, 5.74) is 0.247. The highest BCUT2D eigenvalue weighted by molar-refractivity contribution is 4.92. The SMILES string of the molecule is CC(C)CNCC1(CN(C)C(C)(C)CO)CCC(C)CC1. The lowest BCUT2D eigenvalue weighted by Crippen LogP contribution is -2.52. The number of likely N-dealkylation sites (N-methyl/N-ethyl adjacent to an activating group) is 1. The molecule has 0 unspecified atom stereocenters. The van der Waals surface area contributed by atoms with Crippen LogP contribution in [-0.2, 0) is 0 Å². The van der Waals surface area contributed by atoms with Crippen molar-refractivity contribution >= 4 is 0 Å². The van der Waals surface area contributed by atoms with Crippen LogP contribution in [0.3, 0.4) is 0 Å². The van der Waals surface area contributed by atoms with Crippen molar-refractivity contribution < 1.29 is 5.11 Å². The molecule has 0 radical (unpaired) electrons. The molecule has 3 heteroatoms. The molecule has 0 saturated heterocycles. The predicted octanol–water partition coefficient (Wildman–Crippen LogP) is 3.13. The standard InChI is InChI=1S/C18H38N2O/c1-15(2)11-19-12-18(9-7-16(3)8-10-18)13-20(6)17(4,5)14-21/h15-16,19,21H,7-14H2,1-6H3. The molecule has 1 saturated carbocycles. The zero-order valence-electron chi connectivity index (χ0n) is 15.2. The van der Waals surface area contributed by atoms with Gasteiger partial charge in [0.05, 0.1) is 6.61 Å². The lowest BCUT2D eigenvalue weighted by molar-refractivity contribution is 0.0201. The molecule has 0 aromatic carbocycles. The van der Waals surface area contributed by atoms with Gasteiger partial charge in [-0.05, 0) is 57.5 Å². The van der Waals surface area contributed by atoms with Crippen molar-refractivity contribution in [3.8, 4) is 0 Å². The summed E-state index contributed by atoms with van der Waals surface area (Å²) in [6.07, 6.45) is 5.31. The molecule has 0 aromatic heterocycles. The monoisotopic (exact) mass is 298 g/mol. The maximum absolute atomic E-state index is 9.61. The van der Waals surface area contributed by atoms with Crippen molar-refractivity contribution in [3.05, 3.63) is 0 Å². The molecular weight excluding hydrogens is 260 g/mol. The molecule has 1 rings (SSSR count). The molecule has 0 aromatic rings. The third-order valence-corrected chi connectivity index (χ3v) is 5.38. The maximum Gasteiger partial charge on any atom is 0.0609 e. The quantitative estimate of drug-likeness (QED) is 0.722. The minimum absolute atomic E-state index is 0.131. The van der Waals surface area contributed by atoms with Crippen molar-refractivity contribution in [2.45, 2.75) is 65.8 Å². The van der Waals surface area contributed by atoms with Crippen LogP contribution in [0.5, 0.6) is 0 Å². The van der Waals surface area contributed by atoms with E-state index in [1.165, 1.54) is 25.7 Å². The number of aliphatic hydroxyl groups is 1. The minimum atomic E-state index is -0.131. The van der Waals surface area contributed by atoms with E-state index < -0.39 is 0 Å². The molecule has 2 N–H and O–H groups in total. The molecule has 0 aliphatic heterocycles. The van der Waals surface area contributed by atoms with E-state index in [1.54, 1.807) is 0 Å². The number of aliphatic hydroxyl groups excluding tert-OH is 1. The van der Waals surface area contributed by atoms with Crippen molar-refractivity contribution in [1.82, 2.24) is 10.2 Å². The van der Waals surface area contributed by atoms with Crippen LogP contribution < -0.4 is 5.32 Å². The highest BCUT2D eigenvalue weighted by atomic mass is 16.3. The van der Waals surface area contributed by atoms with Crippen molar-refractivity contribution in [2.24, 2.45) is 17.3 Å². The summed E-state index contributed by atoms with van der Waals surface area (Å²) >= 11 is 0. The molecule has 0 bridgehead atoms. The minimum Gasteiger partial charge on any atom is -0.394 e. The Labute approximate surface area is 132 Å². The summed E-state index contributed by atoms with van der Waals surface area (Å²) in [5.74, 6) is 1.58. The predicted molar refractivity (Wildman–Crippen MR) is 91.6 cm³/mol. The zero-order chi connectivity index (χ0) is 16.1. The summed E-state index contributed by atoms with van der Waals surface area (Å²) < 4.78 is 0. The average molecular weight is 299 g/mol. The van der Waals surface area contributed by atoms with Crippen LogP contribution >= 0.6 is 0 Å². The Morgan fingerprint density at radius 2 is 1.86 bits per heavy atom. The van der Waals surface area contributed by atoms with Gasteiger partial charge in [0.25, 0.3) is 0 Å². The van der Waals surface area contributed by atoms with Gasteiger partial charge in [-0.15, -0.1) is 0 Å². The van der Waals surface area contributed by atoms with E-state index in [4.69, 9.17) is 0 Å². The number of rotatable bonds is 8. The fourth-order valence-electron chi connectivity index (χ4n) is 3.23. The third-order valence-electron chi connectivity index (χ3n) is 5.38. The first-order chi connectivity index (χ1) is 9.71. The molecule has 0 heterocycles. The van der Waals surface area contributed by atoms with Crippen LogP contribution in [-0.4, -0.2) is 48.8 Å². The lowest BCUT2D eigenvalue weighted by atomic mass is 9.70. The van der Waals surface area contributed by atoms with E-state index in [9.17, 15) is 5.11 Å². The van der Waals surface area contributed by atoms with E-state index in [0.29, 0.717) is 11.3 Å². The van der Waals surface area contributed by atoms with Gasteiger partial charge >= 0.3 is 0 Å². The van der Waals surface area contributed by atoms with Crippen LogP contribution in [0.15, 0.2) is 0 Å². The molecule has 126 valence electrons. The number of nitrogens with one attached hydrogen (secondary N) is 1. The number of hydrogen-bond donors (Lipinski definition) is 2. The van der Waals surface area contributed by atoms with Gasteiger partial charge in [-0.1, -0.05) is 33.6 Å². The largest absolute Gasteiger partial charge is 0.394 e. The second kappa shape index (κ2) is 7.94. The summed E-state index contributed by atoms with van der Waals surface area (Å²) in [4.78, 5) is 2.36. The molecule has 1 aliphatic rings. The number of nitrogens with zero attached hydrogens (tertiary/aromatic N) is 1. The number of hydrogen-bond acceptors (Lipinski definition) is 3. The Kier molecular flexibility index (Phi) is 7.15. The summed E-state index contributed by atoms with van der Waals surface area (Å²) in [5, 5.41) is 13.3. The Morgan fingerprint density at radius 1 is 1.29 bits per heavy atom. The van der Waals surface area contributed by atoms with Crippen molar-refractivity contribution in [2.75, 3.05) is 33.3 Å². The summed E-state index contributed by atoms with van der Waals surface area (Å²) in [7, 11) is 2.17. The van der Waals surface area contributed by atoms with Gasteiger partial charge in [0.1, 0.15) is 0 Å². The van der Waals surface area contributed by atoms with Crippen LogP contribution in [0, 0.1) is 17.3 Å². The molecule has 1 aliphatic carbocycles. The van der Waals surface area contributed by atoms with Gasteiger partial charge in [0, 0.05) is 18.6 Å². The smallest absolute Gasteiger partial charge is 0.0609 e. The van der Waals surface area contributed by atoms with E-state index in [-0.39, 0.29) is 12.1 Å². The van der Waals surface area contributed by atoms with Crippen LogP contribution in [0.25, 0.3) is 0 Å². The van der Waals surface area contributed by atoms with Crippen LogP contribution in [0.4, 0.5) is 0 Å². The van der Waals surface area contributed by atoms with Gasteiger partial charge in [-0.2, -0.15) is 0 Å². The van der Waals surface area contributed by atoms with Gasteiger partial charge in [0.2, 0.25) is 0 Å². The van der Waals surface area contributed by atoms with Gasteiger partial charge < -0.3 is 10.4 Å². The maximum atomic E-state index is 9.61. The third kappa shape index (κ3) is 5.88. The molecular formula is C18H38N2O. The Balaban J connectivity index is 2.68. The normalized spacial score (nSPS) is 27.6. The highest BCUT2D eigenvalue weighted by Gasteiger charge is 2.37. The molecule has 0 atom stereocenters. The topological polar surface area (TPSA) is 35.5 Å². The van der Waals surface area contributed by atoms with Crippen LogP contribution in [0.2, 0.25) is 0 Å². The highest BCUT2D eigenvalue weighted by Crippen LogP contribution is 2.39. The second-order valence-corrected chi connectivity index (χ2v) is 8.53. The average Bonchev–Trinajstić information content (AvgIpc) is 2.41. The molecule has 21 heavy (non-hydrogen) atoms. The van der Waals surface area contributed by atoms with Crippen LogP contribution in [0.1, 0.15) is 60.3 Å². The van der Waals surface area contributed by atoms with Gasteiger partial charge in [0.15, 0.2) is 0 Å². The zero-order valence-corrected chi connectivity index (χ0v) is 15.2. The first kappa shape index (κ1) is 18.9. The fraction of sp³-hybridized carbons (Fsp3) is 1.00. The first-order valence-corrected chi connectivity index (χ1v) is 8.73. The molecule has 0 amide bonds. The van der Waals surface area contributed by atoms with Crippen molar-refractivity contribution in [3.63, 3.8) is 0 Å². The molecule has 3 nitrogen and oxygen atoms in total. The summed E-state index contributed by atoms with van der Waals surface area (Å²) in [6.45, 7) is 14.7.